The molecule has 0 spiro atoms. The molecular weight excluding hydrogens is 184 g/mol. The monoisotopic (exact) mass is 200 g/mol. The summed E-state index contributed by atoms with van der Waals surface area (Å²) in [5.41, 5.74) is 0. The molecule has 1 N–H and O–H groups in total. The van der Waals surface area contributed by atoms with Crippen LogP contribution in [0.15, 0.2) is 11.6 Å². The largest absolute Gasteiger partial charge is 0.308 e. The Labute approximate surface area is 84.9 Å². The number of nitrogens with zero attached hydrogens (tertiary/aromatic N) is 1. The molecule has 0 aromatic heterocycles. The molecule has 2 fully saturated rings. The van der Waals surface area contributed by atoms with E-state index >= 15 is 0 Å². The van der Waals surface area contributed by atoms with Gasteiger partial charge in [-0.3, -0.25) is 4.90 Å². The van der Waals surface area contributed by atoms with Crippen molar-refractivity contribution in [2.75, 3.05) is 19.6 Å². The van der Waals surface area contributed by atoms with Crippen LogP contribution in [0.3, 0.4) is 0 Å². The van der Waals surface area contributed by atoms with Crippen molar-refractivity contribution in [2.45, 2.75) is 31.3 Å². The van der Waals surface area contributed by atoms with Gasteiger partial charge >= 0.3 is 0 Å². The fourth-order valence-corrected chi connectivity index (χ4v) is 2.06. The standard InChI is InChI=1S/C10H17ClN2/c1-8(11)6-12-9-4-5-13(7-9)10-2-3-10/h9-10,12H,1-7H2. The van der Waals surface area contributed by atoms with Gasteiger partial charge in [-0.15, -0.1) is 0 Å². The molecule has 1 unspecified atom stereocenters. The number of halogens is 1. The number of likely N-dealkylation sites (tertiary alicyclic amines) is 1. The molecule has 0 bridgehead atoms. The molecule has 1 aliphatic carbocycles. The highest BCUT2D eigenvalue weighted by Gasteiger charge is 2.33. The Bertz CT molecular complexity index is 201. The molecule has 1 heterocycles. The SMILES string of the molecule is C=C(Cl)CNC1CCN(C2CC2)C1. The van der Waals surface area contributed by atoms with Crippen LogP contribution in [0.25, 0.3) is 0 Å². The van der Waals surface area contributed by atoms with E-state index in [9.17, 15) is 0 Å². The van der Waals surface area contributed by atoms with Crippen LogP contribution in [0.2, 0.25) is 0 Å². The first-order chi connectivity index (χ1) is 6.25. The molecule has 13 heavy (non-hydrogen) atoms. The van der Waals surface area contributed by atoms with Crippen LogP contribution < -0.4 is 5.32 Å². The quantitative estimate of drug-likeness (QED) is 0.741. The summed E-state index contributed by atoms with van der Waals surface area (Å²) in [5, 5.41) is 4.13. The molecule has 0 aromatic rings. The van der Waals surface area contributed by atoms with Crippen LogP contribution in [0.4, 0.5) is 0 Å². The Morgan fingerprint density at radius 3 is 2.85 bits per heavy atom. The van der Waals surface area contributed by atoms with Crippen molar-refractivity contribution >= 4 is 11.6 Å². The minimum Gasteiger partial charge on any atom is -0.308 e. The van der Waals surface area contributed by atoms with E-state index in [0.29, 0.717) is 11.1 Å². The first-order valence-corrected chi connectivity index (χ1v) is 5.44. The highest BCUT2D eigenvalue weighted by Crippen LogP contribution is 2.29. The first-order valence-electron chi connectivity index (χ1n) is 5.06. The van der Waals surface area contributed by atoms with E-state index in [0.717, 1.165) is 12.6 Å². The van der Waals surface area contributed by atoms with Crippen LogP contribution in [0.5, 0.6) is 0 Å². The van der Waals surface area contributed by atoms with E-state index in [2.05, 4.69) is 16.8 Å². The molecule has 0 amide bonds. The highest BCUT2D eigenvalue weighted by molar-refractivity contribution is 6.29. The fraction of sp³-hybridized carbons (Fsp3) is 0.800. The van der Waals surface area contributed by atoms with Crippen molar-refractivity contribution in [1.82, 2.24) is 10.2 Å². The molecule has 2 rings (SSSR count). The van der Waals surface area contributed by atoms with Gasteiger partial charge in [0.25, 0.3) is 0 Å². The lowest BCUT2D eigenvalue weighted by Gasteiger charge is -2.15. The van der Waals surface area contributed by atoms with Crippen molar-refractivity contribution < 1.29 is 0 Å². The van der Waals surface area contributed by atoms with Crippen LogP contribution in [0.1, 0.15) is 19.3 Å². The van der Waals surface area contributed by atoms with Crippen LogP contribution in [-0.4, -0.2) is 36.6 Å². The molecule has 74 valence electrons. The minimum absolute atomic E-state index is 0.635. The zero-order chi connectivity index (χ0) is 9.26. The third-order valence-electron chi connectivity index (χ3n) is 2.87. The van der Waals surface area contributed by atoms with Crippen LogP contribution >= 0.6 is 11.6 Å². The second-order valence-corrected chi connectivity index (χ2v) is 4.64. The van der Waals surface area contributed by atoms with Crippen LogP contribution in [0, 0.1) is 0 Å². The zero-order valence-electron chi connectivity index (χ0n) is 7.93. The van der Waals surface area contributed by atoms with E-state index in [4.69, 9.17) is 11.6 Å². The molecule has 1 aliphatic heterocycles. The van der Waals surface area contributed by atoms with Crippen molar-refractivity contribution in [3.63, 3.8) is 0 Å². The summed E-state index contributed by atoms with van der Waals surface area (Å²) in [4.78, 5) is 2.59. The molecule has 0 aromatic carbocycles. The summed E-state index contributed by atoms with van der Waals surface area (Å²) >= 11 is 5.70. The zero-order valence-corrected chi connectivity index (χ0v) is 8.69. The van der Waals surface area contributed by atoms with Gasteiger partial charge in [-0.1, -0.05) is 18.2 Å². The summed E-state index contributed by atoms with van der Waals surface area (Å²) < 4.78 is 0. The molecule has 1 atom stereocenters. The topological polar surface area (TPSA) is 15.3 Å². The van der Waals surface area contributed by atoms with Gasteiger partial charge in [0.1, 0.15) is 0 Å². The number of rotatable bonds is 4. The lowest BCUT2D eigenvalue weighted by Crippen LogP contribution is -2.33. The second-order valence-electron chi connectivity index (χ2n) is 4.11. The summed E-state index contributed by atoms with van der Waals surface area (Å²) in [6.07, 6.45) is 4.09. The van der Waals surface area contributed by atoms with E-state index in [1.165, 1.54) is 32.4 Å². The van der Waals surface area contributed by atoms with Gasteiger partial charge in [0.2, 0.25) is 0 Å². The minimum atomic E-state index is 0.635. The van der Waals surface area contributed by atoms with Crippen molar-refractivity contribution in [1.29, 1.82) is 0 Å². The molecule has 2 nitrogen and oxygen atoms in total. The number of nitrogens with one attached hydrogen (secondary N) is 1. The Balaban J connectivity index is 1.68. The van der Waals surface area contributed by atoms with Gasteiger partial charge in [0.15, 0.2) is 0 Å². The van der Waals surface area contributed by atoms with Crippen molar-refractivity contribution in [3.8, 4) is 0 Å². The summed E-state index contributed by atoms with van der Waals surface area (Å²) in [6, 6.07) is 1.54. The Kier molecular flexibility index (Phi) is 2.92. The summed E-state index contributed by atoms with van der Waals surface area (Å²) in [6.45, 7) is 6.89. The third-order valence-corrected chi connectivity index (χ3v) is 3.00. The molecular formula is C10H17ClN2. The summed E-state index contributed by atoms with van der Waals surface area (Å²) in [5.74, 6) is 0. The van der Waals surface area contributed by atoms with Gasteiger partial charge in [-0.2, -0.15) is 0 Å². The Morgan fingerprint density at radius 1 is 1.46 bits per heavy atom. The molecule has 0 radical (unpaired) electrons. The Morgan fingerprint density at radius 2 is 2.23 bits per heavy atom. The lowest BCUT2D eigenvalue weighted by molar-refractivity contribution is 0.319. The predicted octanol–water partition coefficient (Wildman–Crippen LogP) is 1.57. The Hall–Kier alpha value is -0.0500. The van der Waals surface area contributed by atoms with E-state index in [1.54, 1.807) is 0 Å². The second kappa shape index (κ2) is 3.99. The fourth-order valence-electron chi connectivity index (χ4n) is 1.98. The maximum absolute atomic E-state index is 5.70. The first kappa shape index (κ1) is 9.50. The smallest absolute Gasteiger partial charge is 0.0310 e. The van der Waals surface area contributed by atoms with E-state index in [-0.39, 0.29) is 0 Å². The lowest BCUT2D eigenvalue weighted by atomic mass is 10.2. The van der Waals surface area contributed by atoms with Gasteiger partial charge in [0, 0.05) is 36.8 Å². The number of hydrogen-bond acceptors (Lipinski definition) is 2. The predicted molar refractivity (Wildman–Crippen MR) is 56.0 cm³/mol. The average Bonchev–Trinajstić information content (AvgIpc) is 2.83. The summed E-state index contributed by atoms with van der Waals surface area (Å²) in [7, 11) is 0. The molecule has 1 saturated carbocycles. The molecule has 2 aliphatic rings. The van der Waals surface area contributed by atoms with Gasteiger partial charge < -0.3 is 5.32 Å². The van der Waals surface area contributed by atoms with Crippen molar-refractivity contribution in [2.24, 2.45) is 0 Å². The number of hydrogen-bond donors (Lipinski definition) is 1. The van der Waals surface area contributed by atoms with Gasteiger partial charge in [0.05, 0.1) is 0 Å². The van der Waals surface area contributed by atoms with Gasteiger partial charge in [-0.25, -0.2) is 0 Å². The normalized spacial score (nSPS) is 29.5. The maximum atomic E-state index is 5.70. The van der Waals surface area contributed by atoms with E-state index < -0.39 is 0 Å². The van der Waals surface area contributed by atoms with E-state index in [1.807, 2.05) is 0 Å². The highest BCUT2D eigenvalue weighted by atomic mass is 35.5. The third kappa shape index (κ3) is 2.70. The molecule has 1 saturated heterocycles. The average molecular weight is 201 g/mol. The maximum Gasteiger partial charge on any atom is 0.0310 e. The van der Waals surface area contributed by atoms with Crippen LogP contribution in [-0.2, 0) is 0 Å². The van der Waals surface area contributed by atoms with Crippen molar-refractivity contribution in [3.05, 3.63) is 11.6 Å². The van der Waals surface area contributed by atoms with Gasteiger partial charge in [-0.05, 0) is 19.3 Å². The molecule has 3 heteroatoms.